The first-order chi connectivity index (χ1) is 11.5. The molecule has 0 unspecified atom stereocenters. The Morgan fingerprint density at radius 3 is 2.83 bits per heavy atom. The van der Waals surface area contributed by atoms with Gasteiger partial charge in [0.15, 0.2) is 16.6 Å². The first-order valence-corrected chi connectivity index (χ1v) is 8.07. The standard InChI is InChI=1S/C17H20N4O2S/c1-10-7-18-11(2)16(10)12(3)20-21-17(24)19-8-13-4-5-14-15(6-13)23-9-22-14/h4-7,18H,8-9H2,1-3H3,(H2,19,21,24)/b20-12+. The quantitative estimate of drug-likeness (QED) is 0.452. The summed E-state index contributed by atoms with van der Waals surface area (Å²) in [6.45, 7) is 6.89. The molecule has 7 heteroatoms. The van der Waals surface area contributed by atoms with Crippen molar-refractivity contribution in [2.75, 3.05) is 6.79 Å². The summed E-state index contributed by atoms with van der Waals surface area (Å²) in [6.07, 6.45) is 1.97. The van der Waals surface area contributed by atoms with Crippen molar-refractivity contribution in [1.82, 2.24) is 15.7 Å². The zero-order valence-electron chi connectivity index (χ0n) is 13.9. The van der Waals surface area contributed by atoms with E-state index in [2.05, 4.69) is 20.8 Å². The van der Waals surface area contributed by atoms with Gasteiger partial charge in [0.05, 0.1) is 5.71 Å². The number of nitrogens with one attached hydrogen (secondary N) is 3. The molecule has 0 saturated heterocycles. The normalized spacial score (nSPS) is 13.0. The van der Waals surface area contributed by atoms with Gasteiger partial charge >= 0.3 is 0 Å². The summed E-state index contributed by atoms with van der Waals surface area (Å²) in [5.74, 6) is 1.54. The van der Waals surface area contributed by atoms with Gasteiger partial charge in [-0.05, 0) is 56.2 Å². The van der Waals surface area contributed by atoms with Gasteiger partial charge < -0.3 is 19.8 Å². The van der Waals surface area contributed by atoms with Gasteiger partial charge in [0.1, 0.15) is 0 Å². The van der Waals surface area contributed by atoms with Gasteiger partial charge in [0.2, 0.25) is 6.79 Å². The van der Waals surface area contributed by atoms with Gasteiger partial charge in [-0.15, -0.1) is 0 Å². The zero-order valence-corrected chi connectivity index (χ0v) is 14.7. The number of ether oxygens (including phenoxy) is 2. The Hall–Kier alpha value is -2.54. The molecule has 24 heavy (non-hydrogen) atoms. The molecule has 0 radical (unpaired) electrons. The molecule has 126 valence electrons. The maximum Gasteiger partial charge on any atom is 0.231 e. The summed E-state index contributed by atoms with van der Waals surface area (Å²) in [7, 11) is 0. The Kier molecular flexibility index (Phi) is 4.71. The zero-order chi connectivity index (χ0) is 17.1. The van der Waals surface area contributed by atoms with E-state index in [4.69, 9.17) is 21.7 Å². The second-order valence-electron chi connectivity index (χ2n) is 5.65. The fraction of sp³-hybridized carbons (Fsp3) is 0.294. The van der Waals surface area contributed by atoms with Crippen molar-refractivity contribution in [1.29, 1.82) is 0 Å². The highest BCUT2D eigenvalue weighted by Gasteiger charge is 2.13. The number of hydrogen-bond donors (Lipinski definition) is 3. The number of hydrogen-bond acceptors (Lipinski definition) is 4. The van der Waals surface area contributed by atoms with E-state index in [1.165, 1.54) is 0 Å². The van der Waals surface area contributed by atoms with Crippen molar-refractivity contribution in [2.24, 2.45) is 5.10 Å². The van der Waals surface area contributed by atoms with Crippen LogP contribution in [0.3, 0.4) is 0 Å². The van der Waals surface area contributed by atoms with Crippen LogP contribution in [0.2, 0.25) is 0 Å². The molecule has 1 aliphatic rings. The lowest BCUT2D eigenvalue weighted by atomic mass is 10.1. The lowest BCUT2D eigenvalue weighted by Crippen LogP contribution is -2.32. The van der Waals surface area contributed by atoms with E-state index in [1.807, 2.05) is 45.2 Å². The average Bonchev–Trinajstić information content (AvgIpc) is 3.16. The van der Waals surface area contributed by atoms with Crippen LogP contribution in [0.15, 0.2) is 29.5 Å². The predicted octanol–water partition coefficient (Wildman–Crippen LogP) is 2.75. The molecule has 2 heterocycles. The van der Waals surface area contributed by atoms with Crippen LogP contribution in [0.1, 0.15) is 29.3 Å². The maximum atomic E-state index is 5.37. The van der Waals surface area contributed by atoms with Crippen LogP contribution in [0.4, 0.5) is 0 Å². The molecule has 0 saturated carbocycles. The first kappa shape index (κ1) is 16.3. The molecule has 0 atom stereocenters. The molecule has 0 fully saturated rings. The number of aromatic nitrogens is 1. The number of fused-ring (bicyclic) bond motifs is 1. The lowest BCUT2D eigenvalue weighted by molar-refractivity contribution is 0.174. The monoisotopic (exact) mass is 344 g/mol. The molecular weight excluding hydrogens is 324 g/mol. The highest BCUT2D eigenvalue weighted by molar-refractivity contribution is 7.80. The van der Waals surface area contributed by atoms with Crippen LogP contribution in [0, 0.1) is 13.8 Å². The van der Waals surface area contributed by atoms with Gasteiger partial charge in [-0.1, -0.05) is 6.07 Å². The molecule has 6 nitrogen and oxygen atoms in total. The highest BCUT2D eigenvalue weighted by Crippen LogP contribution is 2.32. The molecule has 1 aromatic heterocycles. The van der Waals surface area contributed by atoms with Gasteiger partial charge in [-0.3, -0.25) is 5.43 Å². The topological polar surface area (TPSA) is 70.7 Å². The molecule has 0 bridgehead atoms. The number of nitrogens with zero attached hydrogens (tertiary/aromatic N) is 1. The van der Waals surface area contributed by atoms with Gasteiger partial charge in [-0.25, -0.2) is 0 Å². The van der Waals surface area contributed by atoms with E-state index >= 15 is 0 Å². The van der Waals surface area contributed by atoms with E-state index in [1.54, 1.807) is 0 Å². The number of benzene rings is 1. The minimum atomic E-state index is 0.276. The summed E-state index contributed by atoms with van der Waals surface area (Å²) in [5, 5.41) is 7.96. The first-order valence-electron chi connectivity index (χ1n) is 7.66. The molecule has 1 aromatic carbocycles. The predicted molar refractivity (Wildman–Crippen MR) is 97.6 cm³/mol. The Morgan fingerprint density at radius 1 is 1.29 bits per heavy atom. The fourth-order valence-electron chi connectivity index (χ4n) is 2.68. The molecule has 0 amide bonds. The second-order valence-corrected chi connectivity index (χ2v) is 6.06. The van der Waals surface area contributed by atoms with Crippen molar-refractivity contribution < 1.29 is 9.47 Å². The molecule has 3 rings (SSSR count). The number of hydrazone groups is 1. The molecule has 3 N–H and O–H groups in total. The summed E-state index contributed by atoms with van der Waals surface area (Å²) in [6, 6.07) is 5.82. The number of aromatic amines is 1. The SMILES string of the molecule is C/C(=N\NC(=S)NCc1ccc2c(c1)OCO2)c1c(C)c[nH]c1C. The smallest absolute Gasteiger partial charge is 0.231 e. The van der Waals surface area contributed by atoms with E-state index < -0.39 is 0 Å². The molecule has 0 aliphatic carbocycles. The number of thiocarbonyl (C=S) groups is 1. The van der Waals surface area contributed by atoms with E-state index in [9.17, 15) is 0 Å². The third-order valence-corrected chi connectivity index (χ3v) is 4.09. The molecular formula is C17H20N4O2S. The highest BCUT2D eigenvalue weighted by atomic mass is 32.1. The van der Waals surface area contributed by atoms with Gasteiger partial charge in [-0.2, -0.15) is 5.10 Å². The third kappa shape index (κ3) is 3.51. The van der Waals surface area contributed by atoms with Crippen molar-refractivity contribution in [3.05, 3.63) is 46.8 Å². The molecule has 0 spiro atoms. The van der Waals surface area contributed by atoms with Crippen LogP contribution in [0.5, 0.6) is 11.5 Å². The minimum Gasteiger partial charge on any atom is -0.454 e. The largest absolute Gasteiger partial charge is 0.454 e. The molecule has 1 aliphatic heterocycles. The Balaban J connectivity index is 1.55. The van der Waals surface area contributed by atoms with E-state index in [0.717, 1.165) is 39.6 Å². The lowest BCUT2D eigenvalue weighted by Gasteiger charge is -2.09. The summed E-state index contributed by atoms with van der Waals surface area (Å²) in [4.78, 5) is 3.19. The Morgan fingerprint density at radius 2 is 2.08 bits per heavy atom. The van der Waals surface area contributed by atoms with Crippen LogP contribution in [0.25, 0.3) is 0 Å². The number of H-pyrrole nitrogens is 1. The number of rotatable bonds is 4. The van der Waals surface area contributed by atoms with Crippen molar-refractivity contribution >= 4 is 23.0 Å². The van der Waals surface area contributed by atoms with Crippen LogP contribution >= 0.6 is 12.2 Å². The Labute approximate surface area is 146 Å². The van der Waals surface area contributed by atoms with Crippen LogP contribution < -0.4 is 20.2 Å². The second kappa shape index (κ2) is 6.92. The maximum absolute atomic E-state index is 5.37. The summed E-state index contributed by atoms with van der Waals surface area (Å²) < 4.78 is 10.7. The van der Waals surface area contributed by atoms with Gasteiger partial charge in [0.25, 0.3) is 0 Å². The van der Waals surface area contributed by atoms with Crippen molar-refractivity contribution in [2.45, 2.75) is 27.3 Å². The summed E-state index contributed by atoms with van der Waals surface area (Å²) in [5.41, 5.74) is 8.20. The van der Waals surface area contributed by atoms with E-state index in [0.29, 0.717) is 11.7 Å². The van der Waals surface area contributed by atoms with E-state index in [-0.39, 0.29) is 6.79 Å². The third-order valence-electron chi connectivity index (χ3n) is 3.85. The van der Waals surface area contributed by atoms with Crippen LogP contribution in [-0.4, -0.2) is 22.6 Å². The summed E-state index contributed by atoms with van der Waals surface area (Å²) >= 11 is 5.27. The minimum absolute atomic E-state index is 0.276. The van der Waals surface area contributed by atoms with Crippen LogP contribution in [-0.2, 0) is 6.54 Å². The van der Waals surface area contributed by atoms with Gasteiger partial charge in [0, 0.05) is 24.0 Å². The number of aryl methyl sites for hydroxylation is 2. The molecule has 2 aromatic rings. The Bertz CT molecular complexity index is 778. The fourth-order valence-corrected chi connectivity index (χ4v) is 2.79. The average molecular weight is 344 g/mol. The van der Waals surface area contributed by atoms with Crippen molar-refractivity contribution in [3.63, 3.8) is 0 Å². The van der Waals surface area contributed by atoms with Crippen molar-refractivity contribution in [3.8, 4) is 11.5 Å².